The minimum Gasteiger partial charge on any atom is -0.467 e. The van der Waals surface area contributed by atoms with Crippen molar-refractivity contribution in [1.29, 1.82) is 0 Å². The molecule has 1 aliphatic rings. The van der Waals surface area contributed by atoms with Crippen LogP contribution >= 0.6 is 0 Å². The fourth-order valence-corrected chi connectivity index (χ4v) is 2.42. The Kier molecular flexibility index (Phi) is 4.04. The first-order chi connectivity index (χ1) is 9.06. The molecule has 1 aromatic rings. The molecule has 2 N–H and O–H groups in total. The third kappa shape index (κ3) is 3.23. The molecule has 0 atom stereocenters. The number of aromatic nitrogens is 3. The second-order valence-electron chi connectivity index (χ2n) is 4.98. The number of hydrogen-bond acceptors (Lipinski definition) is 7. The molecule has 0 spiro atoms. The van der Waals surface area contributed by atoms with Gasteiger partial charge in [0.1, 0.15) is 0 Å². The fourth-order valence-electron chi connectivity index (χ4n) is 2.42. The minimum absolute atomic E-state index is 0.264. The van der Waals surface area contributed by atoms with Crippen molar-refractivity contribution < 1.29 is 9.84 Å². The zero-order valence-corrected chi connectivity index (χ0v) is 11.7. The van der Waals surface area contributed by atoms with E-state index in [2.05, 4.69) is 20.3 Å². The Morgan fingerprint density at radius 2 is 2.00 bits per heavy atom. The van der Waals surface area contributed by atoms with Gasteiger partial charge in [-0.05, 0) is 12.8 Å². The highest BCUT2D eigenvalue weighted by Crippen LogP contribution is 2.30. The van der Waals surface area contributed by atoms with Crippen LogP contribution in [0.25, 0.3) is 0 Å². The van der Waals surface area contributed by atoms with E-state index in [0.29, 0.717) is 18.4 Å². The van der Waals surface area contributed by atoms with Crippen molar-refractivity contribution in [2.45, 2.75) is 31.3 Å². The number of methoxy groups -OCH3 is 1. The van der Waals surface area contributed by atoms with Crippen molar-refractivity contribution in [2.75, 3.05) is 38.0 Å². The number of rotatable bonds is 5. The first-order valence-corrected chi connectivity index (χ1v) is 6.48. The van der Waals surface area contributed by atoms with E-state index >= 15 is 0 Å². The maximum absolute atomic E-state index is 10.4. The van der Waals surface area contributed by atoms with Crippen LogP contribution in [-0.2, 0) is 0 Å². The third-order valence-electron chi connectivity index (χ3n) is 3.42. The van der Waals surface area contributed by atoms with Crippen LogP contribution < -0.4 is 15.0 Å². The predicted molar refractivity (Wildman–Crippen MR) is 72.6 cm³/mol. The number of nitrogens with one attached hydrogen (secondary N) is 1. The zero-order valence-electron chi connectivity index (χ0n) is 11.7. The zero-order chi connectivity index (χ0) is 13.9. The van der Waals surface area contributed by atoms with E-state index in [0.717, 1.165) is 25.7 Å². The van der Waals surface area contributed by atoms with Crippen molar-refractivity contribution in [2.24, 2.45) is 0 Å². The molecule has 1 aliphatic carbocycles. The van der Waals surface area contributed by atoms with Gasteiger partial charge in [0.05, 0.1) is 12.7 Å². The molecule has 0 saturated heterocycles. The third-order valence-corrected chi connectivity index (χ3v) is 3.42. The van der Waals surface area contributed by atoms with Gasteiger partial charge < -0.3 is 20.1 Å². The smallest absolute Gasteiger partial charge is 0.322 e. The molecule has 1 saturated carbocycles. The van der Waals surface area contributed by atoms with Gasteiger partial charge in [-0.2, -0.15) is 15.0 Å². The first-order valence-electron chi connectivity index (χ1n) is 6.48. The molecule has 2 rings (SSSR count). The van der Waals surface area contributed by atoms with Gasteiger partial charge in [0.25, 0.3) is 0 Å². The number of nitrogens with zero attached hydrogens (tertiary/aromatic N) is 4. The van der Waals surface area contributed by atoms with Crippen molar-refractivity contribution in [3.05, 3.63) is 0 Å². The Morgan fingerprint density at radius 3 is 2.58 bits per heavy atom. The van der Waals surface area contributed by atoms with Crippen LogP contribution in [0.15, 0.2) is 0 Å². The summed E-state index contributed by atoms with van der Waals surface area (Å²) in [5.41, 5.74) is -0.631. The first kappa shape index (κ1) is 13.8. The molecule has 0 bridgehead atoms. The lowest BCUT2D eigenvalue weighted by molar-refractivity contribution is 0.0556. The van der Waals surface area contributed by atoms with E-state index in [9.17, 15) is 5.11 Å². The molecule has 0 aromatic carbocycles. The second-order valence-corrected chi connectivity index (χ2v) is 4.98. The molecular formula is C12H21N5O2. The minimum atomic E-state index is -0.631. The quantitative estimate of drug-likeness (QED) is 0.811. The van der Waals surface area contributed by atoms with Crippen LogP contribution in [0.5, 0.6) is 6.01 Å². The number of likely N-dealkylation sites (N-methyl/N-ethyl adjacent to an activating group) is 1. The molecule has 106 valence electrons. The lowest BCUT2D eigenvalue weighted by atomic mass is 10.0. The summed E-state index contributed by atoms with van der Waals surface area (Å²) < 4.78 is 5.05. The summed E-state index contributed by atoms with van der Waals surface area (Å²) >= 11 is 0. The van der Waals surface area contributed by atoms with Crippen molar-refractivity contribution in [3.63, 3.8) is 0 Å². The Morgan fingerprint density at radius 1 is 1.32 bits per heavy atom. The van der Waals surface area contributed by atoms with Gasteiger partial charge in [-0.1, -0.05) is 12.8 Å². The van der Waals surface area contributed by atoms with Gasteiger partial charge in [0.15, 0.2) is 0 Å². The topological polar surface area (TPSA) is 83.4 Å². The molecule has 1 heterocycles. The number of anilines is 2. The van der Waals surface area contributed by atoms with Gasteiger partial charge in [0, 0.05) is 20.6 Å². The summed E-state index contributed by atoms with van der Waals surface area (Å²) in [7, 11) is 5.12. The van der Waals surface area contributed by atoms with E-state index in [1.807, 2.05) is 11.9 Å². The van der Waals surface area contributed by atoms with Gasteiger partial charge in [-0.15, -0.1) is 0 Å². The van der Waals surface area contributed by atoms with Crippen LogP contribution in [0.2, 0.25) is 0 Å². The summed E-state index contributed by atoms with van der Waals surface area (Å²) in [6.07, 6.45) is 3.82. The van der Waals surface area contributed by atoms with E-state index in [1.54, 1.807) is 7.05 Å². The van der Waals surface area contributed by atoms with Gasteiger partial charge in [0.2, 0.25) is 11.9 Å². The van der Waals surface area contributed by atoms with E-state index in [4.69, 9.17) is 4.74 Å². The summed E-state index contributed by atoms with van der Waals surface area (Å²) in [4.78, 5) is 14.4. The van der Waals surface area contributed by atoms with Gasteiger partial charge >= 0.3 is 6.01 Å². The molecule has 19 heavy (non-hydrogen) atoms. The monoisotopic (exact) mass is 267 g/mol. The molecule has 0 amide bonds. The van der Waals surface area contributed by atoms with E-state index in [-0.39, 0.29) is 6.01 Å². The summed E-state index contributed by atoms with van der Waals surface area (Å²) in [6, 6.07) is 0.264. The van der Waals surface area contributed by atoms with Crippen LogP contribution in [0.1, 0.15) is 25.7 Å². The molecule has 0 radical (unpaired) electrons. The fraction of sp³-hybridized carbons (Fsp3) is 0.750. The summed E-state index contributed by atoms with van der Waals surface area (Å²) in [5, 5.41) is 13.3. The van der Waals surface area contributed by atoms with Crippen molar-refractivity contribution >= 4 is 11.9 Å². The number of hydrogen-bond donors (Lipinski definition) is 2. The van der Waals surface area contributed by atoms with Crippen molar-refractivity contribution in [1.82, 2.24) is 15.0 Å². The summed E-state index contributed by atoms with van der Waals surface area (Å²) in [5.74, 6) is 0.948. The molecule has 0 aliphatic heterocycles. The van der Waals surface area contributed by atoms with Gasteiger partial charge in [-0.3, -0.25) is 0 Å². The highest BCUT2D eigenvalue weighted by molar-refractivity contribution is 5.37. The molecule has 0 unspecified atom stereocenters. The maximum atomic E-state index is 10.4. The SMILES string of the molecule is CNc1nc(OC)nc(N(C)CC2(O)CCCC2)n1. The average Bonchev–Trinajstić information content (AvgIpc) is 2.84. The summed E-state index contributed by atoms with van der Waals surface area (Å²) in [6.45, 7) is 0.517. The standard InChI is InChI=1S/C12H21N5O2/c1-13-9-14-10(16-11(15-9)19-3)17(2)8-12(18)6-4-5-7-12/h18H,4-8H2,1-3H3,(H,13,14,15,16). The van der Waals surface area contributed by atoms with Crippen molar-refractivity contribution in [3.8, 4) is 6.01 Å². The average molecular weight is 267 g/mol. The normalized spacial score (nSPS) is 17.3. The Bertz CT molecular complexity index is 412. The predicted octanol–water partition coefficient (Wildman–Crippen LogP) is 0.663. The van der Waals surface area contributed by atoms with Crippen LogP contribution in [0.4, 0.5) is 11.9 Å². The largest absolute Gasteiger partial charge is 0.467 e. The highest BCUT2D eigenvalue weighted by Gasteiger charge is 2.33. The Labute approximate surface area is 113 Å². The lowest BCUT2D eigenvalue weighted by Crippen LogP contribution is -2.40. The molecule has 7 nitrogen and oxygen atoms in total. The Balaban J connectivity index is 2.15. The van der Waals surface area contributed by atoms with E-state index < -0.39 is 5.60 Å². The highest BCUT2D eigenvalue weighted by atomic mass is 16.5. The van der Waals surface area contributed by atoms with Gasteiger partial charge in [-0.25, -0.2) is 0 Å². The van der Waals surface area contributed by atoms with Crippen LogP contribution in [0.3, 0.4) is 0 Å². The molecule has 7 heteroatoms. The molecule has 1 aromatic heterocycles. The molecule has 1 fully saturated rings. The Hall–Kier alpha value is -1.63. The molecular weight excluding hydrogens is 246 g/mol. The number of aliphatic hydroxyl groups is 1. The number of ether oxygens (including phenoxy) is 1. The van der Waals surface area contributed by atoms with E-state index in [1.165, 1.54) is 7.11 Å². The van der Waals surface area contributed by atoms with Crippen LogP contribution in [-0.4, -0.2) is 53.4 Å². The second kappa shape index (κ2) is 5.56. The lowest BCUT2D eigenvalue weighted by Gasteiger charge is -2.28. The van der Waals surface area contributed by atoms with Crippen LogP contribution in [0, 0.1) is 0 Å². The maximum Gasteiger partial charge on any atom is 0.322 e.